The molecule has 0 radical (unpaired) electrons. The Balaban J connectivity index is 2.01. The third-order valence-electron chi connectivity index (χ3n) is 2.58. The molecule has 0 fully saturated rings. The second-order valence-electron chi connectivity index (χ2n) is 4.46. The van der Waals surface area contributed by atoms with Crippen molar-refractivity contribution in [3.63, 3.8) is 0 Å². The van der Waals surface area contributed by atoms with E-state index in [1.54, 1.807) is 6.20 Å². The Kier molecular flexibility index (Phi) is 4.42. The molecule has 1 aromatic heterocycles. The summed E-state index contributed by atoms with van der Waals surface area (Å²) >= 11 is 3.59. The van der Waals surface area contributed by atoms with Crippen LogP contribution < -0.4 is 4.74 Å². The molecule has 18 heavy (non-hydrogen) atoms. The molecule has 1 N–H and O–H groups in total. The zero-order valence-corrected chi connectivity index (χ0v) is 12.2. The number of aromatic nitrogens is 2. The van der Waals surface area contributed by atoms with Crippen LogP contribution in [-0.2, 0) is 12.8 Å². The maximum Gasteiger partial charge on any atom is 0.120 e. The van der Waals surface area contributed by atoms with Gasteiger partial charge in [0.2, 0.25) is 0 Å². The zero-order valence-electron chi connectivity index (χ0n) is 10.6. The van der Waals surface area contributed by atoms with E-state index in [9.17, 15) is 0 Å². The molecule has 0 spiro atoms. The maximum absolute atomic E-state index is 5.65. The number of aromatic amines is 1. The first-order valence-corrected chi connectivity index (χ1v) is 6.88. The van der Waals surface area contributed by atoms with Crippen molar-refractivity contribution in [2.45, 2.75) is 32.8 Å². The number of ether oxygens (including phenoxy) is 1. The second-order valence-corrected chi connectivity index (χ2v) is 5.31. The molecule has 0 aliphatic heterocycles. The van der Waals surface area contributed by atoms with E-state index in [1.807, 2.05) is 32.2 Å². The topological polar surface area (TPSA) is 37.9 Å². The lowest BCUT2D eigenvalue weighted by Crippen LogP contribution is -2.05. The van der Waals surface area contributed by atoms with E-state index in [0.29, 0.717) is 0 Å². The van der Waals surface area contributed by atoms with Crippen LogP contribution >= 0.6 is 15.9 Å². The fourth-order valence-corrected chi connectivity index (χ4v) is 2.32. The first kappa shape index (κ1) is 13.1. The number of aryl methyl sites for hydroxylation is 2. The second kappa shape index (κ2) is 6.05. The Morgan fingerprint density at radius 3 is 2.78 bits per heavy atom. The average Bonchev–Trinajstić information content (AvgIpc) is 2.80. The average molecular weight is 309 g/mol. The van der Waals surface area contributed by atoms with E-state index < -0.39 is 0 Å². The van der Waals surface area contributed by atoms with E-state index in [4.69, 9.17) is 4.74 Å². The van der Waals surface area contributed by atoms with Crippen LogP contribution in [0, 0.1) is 0 Å². The van der Waals surface area contributed by atoms with Crippen molar-refractivity contribution >= 4 is 15.9 Å². The quantitative estimate of drug-likeness (QED) is 0.913. The van der Waals surface area contributed by atoms with Gasteiger partial charge in [-0.05, 0) is 38.0 Å². The molecule has 2 rings (SSSR count). The van der Waals surface area contributed by atoms with Crippen LogP contribution in [0.5, 0.6) is 5.75 Å². The van der Waals surface area contributed by atoms with Crippen molar-refractivity contribution in [1.29, 1.82) is 0 Å². The van der Waals surface area contributed by atoms with Gasteiger partial charge in [0.05, 0.1) is 6.10 Å². The van der Waals surface area contributed by atoms with Crippen molar-refractivity contribution in [2.75, 3.05) is 0 Å². The molecule has 0 bridgehead atoms. The van der Waals surface area contributed by atoms with Crippen molar-refractivity contribution in [2.24, 2.45) is 0 Å². The maximum atomic E-state index is 5.65. The molecule has 0 saturated heterocycles. The zero-order chi connectivity index (χ0) is 13.0. The van der Waals surface area contributed by atoms with Gasteiger partial charge in [-0.25, -0.2) is 4.98 Å². The Bertz CT molecular complexity index is 495. The molecule has 1 aromatic carbocycles. The first-order chi connectivity index (χ1) is 8.65. The van der Waals surface area contributed by atoms with E-state index >= 15 is 0 Å². The number of hydrogen-bond donors (Lipinski definition) is 1. The molecule has 96 valence electrons. The third kappa shape index (κ3) is 3.60. The molecule has 0 aliphatic rings. The number of benzene rings is 1. The number of nitrogens with one attached hydrogen (secondary N) is 1. The largest absolute Gasteiger partial charge is 0.491 e. The van der Waals surface area contributed by atoms with Gasteiger partial charge in [0.1, 0.15) is 11.6 Å². The lowest BCUT2D eigenvalue weighted by molar-refractivity contribution is 0.242. The fourth-order valence-electron chi connectivity index (χ4n) is 1.76. The van der Waals surface area contributed by atoms with Crippen molar-refractivity contribution < 1.29 is 4.74 Å². The Labute approximate surface area is 116 Å². The summed E-state index contributed by atoms with van der Waals surface area (Å²) < 4.78 is 6.74. The van der Waals surface area contributed by atoms with Gasteiger partial charge in [0.15, 0.2) is 0 Å². The van der Waals surface area contributed by atoms with E-state index in [2.05, 4.69) is 32.0 Å². The van der Waals surface area contributed by atoms with Crippen LogP contribution in [0.25, 0.3) is 0 Å². The lowest BCUT2D eigenvalue weighted by atomic mass is 10.1. The molecule has 2 aromatic rings. The van der Waals surface area contributed by atoms with Crippen molar-refractivity contribution in [1.82, 2.24) is 9.97 Å². The highest BCUT2D eigenvalue weighted by molar-refractivity contribution is 9.10. The highest BCUT2D eigenvalue weighted by Gasteiger charge is 2.05. The van der Waals surface area contributed by atoms with E-state index in [-0.39, 0.29) is 6.10 Å². The summed E-state index contributed by atoms with van der Waals surface area (Å²) in [4.78, 5) is 7.34. The van der Waals surface area contributed by atoms with Gasteiger partial charge in [0.25, 0.3) is 0 Å². The van der Waals surface area contributed by atoms with Crippen LogP contribution in [0.2, 0.25) is 0 Å². The standard InChI is InChI=1S/C14H17BrN2O/c1-10(2)18-12-5-3-11(13(15)9-12)4-6-14-16-7-8-17-14/h3,5,7-10H,4,6H2,1-2H3,(H,16,17). The number of imidazole rings is 1. The Morgan fingerprint density at radius 1 is 1.33 bits per heavy atom. The van der Waals surface area contributed by atoms with Gasteiger partial charge in [-0.15, -0.1) is 0 Å². The highest BCUT2D eigenvalue weighted by Crippen LogP contribution is 2.24. The summed E-state index contributed by atoms with van der Waals surface area (Å²) in [6.07, 6.45) is 5.70. The molecule has 0 amide bonds. The van der Waals surface area contributed by atoms with Gasteiger partial charge in [-0.1, -0.05) is 22.0 Å². The van der Waals surface area contributed by atoms with Gasteiger partial charge in [0, 0.05) is 23.3 Å². The molecule has 3 nitrogen and oxygen atoms in total. The molecular weight excluding hydrogens is 292 g/mol. The summed E-state index contributed by atoms with van der Waals surface area (Å²) in [5.74, 6) is 1.92. The van der Waals surface area contributed by atoms with Gasteiger partial charge in [-0.2, -0.15) is 0 Å². The summed E-state index contributed by atoms with van der Waals surface area (Å²) in [5, 5.41) is 0. The molecule has 1 heterocycles. The normalized spacial score (nSPS) is 10.9. The summed E-state index contributed by atoms with van der Waals surface area (Å²) in [7, 11) is 0. The first-order valence-electron chi connectivity index (χ1n) is 6.08. The smallest absolute Gasteiger partial charge is 0.120 e. The number of H-pyrrole nitrogens is 1. The number of nitrogens with zero attached hydrogens (tertiary/aromatic N) is 1. The van der Waals surface area contributed by atoms with Crippen LogP contribution in [0.3, 0.4) is 0 Å². The number of rotatable bonds is 5. The van der Waals surface area contributed by atoms with Gasteiger partial charge >= 0.3 is 0 Å². The number of hydrogen-bond acceptors (Lipinski definition) is 2. The predicted molar refractivity (Wildman–Crippen MR) is 75.9 cm³/mol. The van der Waals surface area contributed by atoms with Crippen LogP contribution in [0.1, 0.15) is 25.2 Å². The molecule has 0 atom stereocenters. The van der Waals surface area contributed by atoms with Crippen molar-refractivity contribution in [3.8, 4) is 5.75 Å². The van der Waals surface area contributed by atoms with Gasteiger partial charge < -0.3 is 9.72 Å². The molecule has 0 saturated carbocycles. The summed E-state index contributed by atoms with van der Waals surface area (Å²) in [5.41, 5.74) is 1.27. The van der Waals surface area contributed by atoms with Crippen LogP contribution in [0.4, 0.5) is 0 Å². The molecular formula is C14H17BrN2O. The molecule has 4 heteroatoms. The van der Waals surface area contributed by atoms with Gasteiger partial charge in [-0.3, -0.25) is 0 Å². The highest BCUT2D eigenvalue weighted by atomic mass is 79.9. The van der Waals surface area contributed by atoms with Crippen molar-refractivity contribution in [3.05, 3.63) is 46.5 Å². The van der Waals surface area contributed by atoms with E-state index in [0.717, 1.165) is 28.9 Å². The Hall–Kier alpha value is -1.29. The summed E-state index contributed by atoms with van der Waals surface area (Å²) in [6, 6.07) is 6.14. The lowest BCUT2D eigenvalue weighted by Gasteiger charge is -2.11. The minimum atomic E-state index is 0.200. The van der Waals surface area contributed by atoms with Crippen LogP contribution in [-0.4, -0.2) is 16.1 Å². The third-order valence-corrected chi connectivity index (χ3v) is 3.32. The molecule has 0 unspecified atom stereocenters. The minimum Gasteiger partial charge on any atom is -0.491 e. The van der Waals surface area contributed by atoms with Crippen LogP contribution in [0.15, 0.2) is 35.1 Å². The monoisotopic (exact) mass is 308 g/mol. The minimum absolute atomic E-state index is 0.200. The van der Waals surface area contributed by atoms with E-state index in [1.165, 1.54) is 5.56 Å². The number of halogens is 1. The summed E-state index contributed by atoms with van der Waals surface area (Å²) in [6.45, 7) is 4.05. The fraction of sp³-hybridized carbons (Fsp3) is 0.357. The SMILES string of the molecule is CC(C)Oc1ccc(CCc2ncc[nH]2)c(Br)c1. The Morgan fingerprint density at radius 2 is 2.17 bits per heavy atom. The predicted octanol–water partition coefficient (Wildman–Crippen LogP) is 3.74. The molecule has 0 aliphatic carbocycles.